The van der Waals surface area contributed by atoms with Gasteiger partial charge in [-0.15, -0.1) is 0 Å². The molecule has 0 saturated carbocycles. The number of hydrogen-bond donors (Lipinski definition) is 1. The molecule has 4 heteroatoms. The summed E-state index contributed by atoms with van der Waals surface area (Å²) in [5.41, 5.74) is 5.43. The van der Waals surface area contributed by atoms with Gasteiger partial charge < -0.3 is 10.5 Å². The number of nitrogens with two attached hydrogens (primary N) is 1. The highest BCUT2D eigenvalue weighted by molar-refractivity contribution is 9.10. The number of halogens is 1. The van der Waals surface area contributed by atoms with Gasteiger partial charge in [0.15, 0.2) is 0 Å². The van der Waals surface area contributed by atoms with Crippen molar-refractivity contribution in [2.45, 2.75) is 13.8 Å². The normalized spacial score (nSPS) is 8.33. The third kappa shape index (κ3) is 3.09. The Bertz CT molecular complexity index is 240. The van der Waals surface area contributed by atoms with Crippen molar-refractivity contribution < 1.29 is 4.74 Å². The Kier molecular flexibility index (Phi) is 5.45. The molecule has 0 fully saturated rings. The number of nitrogen functional groups attached to an aromatic ring is 1. The zero-order valence-electron chi connectivity index (χ0n) is 7.47. The lowest BCUT2D eigenvalue weighted by Gasteiger charge is -2.00. The molecule has 12 heavy (non-hydrogen) atoms. The quantitative estimate of drug-likeness (QED) is 0.810. The predicted molar refractivity (Wildman–Crippen MR) is 54.2 cm³/mol. The molecule has 1 heterocycles. The van der Waals surface area contributed by atoms with E-state index in [1.54, 1.807) is 19.4 Å². The van der Waals surface area contributed by atoms with Gasteiger partial charge in [0.25, 0.3) is 0 Å². The molecule has 0 spiro atoms. The highest BCUT2D eigenvalue weighted by Crippen LogP contribution is 2.21. The monoisotopic (exact) mass is 232 g/mol. The Morgan fingerprint density at radius 2 is 2.08 bits per heavy atom. The zero-order chi connectivity index (χ0) is 9.56. The maximum Gasteiger partial charge on any atom is 0.138 e. The largest absolute Gasteiger partial charge is 0.495 e. The Balaban J connectivity index is 0.000000561. The van der Waals surface area contributed by atoms with Crippen LogP contribution in [0.25, 0.3) is 0 Å². The summed E-state index contributed by atoms with van der Waals surface area (Å²) in [5.74, 6) is 1.17. The van der Waals surface area contributed by atoms with Gasteiger partial charge in [-0.3, -0.25) is 0 Å². The van der Waals surface area contributed by atoms with Crippen LogP contribution in [0, 0.1) is 0 Å². The smallest absolute Gasteiger partial charge is 0.138 e. The molecule has 0 atom stereocenters. The Morgan fingerprint density at radius 3 is 2.50 bits per heavy atom. The zero-order valence-corrected chi connectivity index (χ0v) is 9.05. The van der Waals surface area contributed by atoms with Gasteiger partial charge in [0.05, 0.1) is 17.8 Å². The molecular formula is C8H13BrN2O. The molecule has 0 bridgehead atoms. The van der Waals surface area contributed by atoms with Crippen LogP contribution in [-0.2, 0) is 0 Å². The van der Waals surface area contributed by atoms with Gasteiger partial charge in [-0.1, -0.05) is 13.8 Å². The van der Waals surface area contributed by atoms with Crippen molar-refractivity contribution in [3.05, 3.63) is 16.7 Å². The Labute approximate surface area is 81.1 Å². The van der Waals surface area contributed by atoms with Gasteiger partial charge >= 0.3 is 0 Å². The summed E-state index contributed by atoms with van der Waals surface area (Å²) in [6.45, 7) is 4.00. The van der Waals surface area contributed by atoms with E-state index in [1.165, 1.54) is 0 Å². The van der Waals surface area contributed by atoms with Crippen molar-refractivity contribution in [3.8, 4) is 5.75 Å². The van der Waals surface area contributed by atoms with Crippen molar-refractivity contribution in [1.29, 1.82) is 0 Å². The van der Waals surface area contributed by atoms with Crippen molar-refractivity contribution >= 4 is 21.7 Å². The van der Waals surface area contributed by atoms with E-state index in [9.17, 15) is 0 Å². The van der Waals surface area contributed by atoms with E-state index in [0.717, 1.165) is 4.47 Å². The lowest BCUT2D eigenvalue weighted by atomic mass is 10.4. The standard InChI is InChI=1S/C6H7BrN2O.C2H6/c1-10-4-2-5(7)6(8)9-3-4;1-2/h2-3H,1H3,(H2,8,9);1-2H3. The second-order valence-electron chi connectivity index (χ2n) is 1.74. The average molecular weight is 233 g/mol. The van der Waals surface area contributed by atoms with Gasteiger partial charge in [0, 0.05) is 0 Å². The van der Waals surface area contributed by atoms with E-state index >= 15 is 0 Å². The number of pyridine rings is 1. The maximum absolute atomic E-state index is 5.43. The Morgan fingerprint density at radius 1 is 1.50 bits per heavy atom. The van der Waals surface area contributed by atoms with Crippen molar-refractivity contribution in [2.75, 3.05) is 12.8 Å². The summed E-state index contributed by atoms with van der Waals surface area (Å²) in [4.78, 5) is 3.86. The highest BCUT2D eigenvalue weighted by atomic mass is 79.9. The first-order valence-electron chi connectivity index (χ1n) is 3.69. The second-order valence-corrected chi connectivity index (χ2v) is 2.60. The van der Waals surface area contributed by atoms with Crippen LogP contribution >= 0.6 is 15.9 Å². The molecule has 3 nitrogen and oxygen atoms in total. The summed E-state index contributed by atoms with van der Waals surface area (Å²) in [6.07, 6.45) is 1.57. The molecule has 0 aliphatic carbocycles. The number of anilines is 1. The highest BCUT2D eigenvalue weighted by Gasteiger charge is 1.97. The lowest BCUT2D eigenvalue weighted by molar-refractivity contribution is 0.412. The number of rotatable bonds is 1. The van der Waals surface area contributed by atoms with E-state index in [1.807, 2.05) is 13.8 Å². The van der Waals surface area contributed by atoms with E-state index < -0.39 is 0 Å². The molecule has 0 aliphatic rings. The fourth-order valence-corrected chi connectivity index (χ4v) is 0.871. The maximum atomic E-state index is 5.43. The molecule has 68 valence electrons. The van der Waals surface area contributed by atoms with E-state index in [4.69, 9.17) is 10.5 Å². The van der Waals surface area contributed by atoms with Gasteiger partial charge in [-0.25, -0.2) is 4.98 Å². The van der Waals surface area contributed by atoms with Crippen LogP contribution in [0.1, 0.15) is 13.8 Å². The summed E-state index contributed by atoms with van der Waals surface area (Å²) < 4.78 is 5.66. The second kappa shape index (κ2) is 5.83. The lowest BCUT2D eigenvalue weighted by Crippen LogP contribution is -1.92. The topological polar surface area (TPSA) is 48.1 Å². The van der Waals surface area contributed by atoms with E-state index in [-0.39, 0.29) is 0 Å². The summed E-state index contributed by atoms with van der Waals surface area (Å²) >= 11 is 3.22. The summed E-state index contributed by atoms with van der Waals surface area (Å²) in [5, 5.41) is 0. The minimum absolute atomic E-state index is 0.473. The van der Waals surface area contributed by atoms with Gasteiger partial charge in [-0.2, -0.15) is 0 Å². The molecule has 0 saturated heterocycles. The number of ether oxygens (including phenoxy) is 1. The number of aromatic nitrogens is 1. The average Bonchev–Trinajstić information content (AvgIpc) is 2.13. The van der Waals surface area contributed by atoms with Crippen LogP contribution in [0.5, 0.6) is 5.75 Å². The van der Waals surface area contributed by atoms with Crippen LogP contribution < -0.4 is 10.5 Å². The fourth-order valence-electron chi connectivity index (χ4n) is 0.543. The molecule has 1 rings (SSSR count). The van der Waals surface area contributed by atoms with Crippen molar-refractivity contribution in [3.63, 3.8) is 0 Å². The molecule has 0 aliphatic heterocycles. The molecular weight excluding hydrogens is 220 g/mol. The fraction of sp³-hybridized carbons (Fsp3) is 0.375. The SMILES string of the molecule is CC.COc1cnc(N)c(Br)c1. The number of methoxy groups -OCH3 is 1. The van der Waals surface area contributed by atoms with E-state index in [2.05, 4.69) is 20.9 Å². The molecule has 1 aromatic rings. The summed E-state index contributed by atoms with van der Waals surface area (Å²) in [6, 6.07) is 1.77. The first-order valence-corrected chi connectivity index (χ1v) is 4.48. The van der Waals surface area contributed by atoms with Crippen LogP contribution in [0.15, 0.2) is 16.7 Å². The minimum Gasteiger partial charge on any atom is -0.495 e. The molecule has 0 amide bonds. The third-order valence-electron chi connectivity index (χ3n) is 1.08. The van der Waals surface area contributed by atoms with Crippen LogP contribution in [0.3, 0.4) is 0 Å². The molecule has 2 N–H and O–H groups in total. The van der Waals surface area contributed by atoms with Gasteiger partial charge in [0.1, 0.15) is 11.6 Å². The third-order valence-corrected chi connectivity index (χ3v) is 1.72. The first-order chi connectivity index (χ1) is 5.74. The Hall–Kier alpha value is -0.770. The van der Waals surface area contributed by atoms with Crippen LogP contribution in [-0.4, -0.2) is 12.1 Å². The number of hydrogen-bond acceptors (Lipinski definition) is 3. The first kappa shape index (κ1) is 11.2. The predicted octanol–water partition coefficient (Wildman–Crippen LogP) is 2.46. The van der Waals surface area contributed by atoms with Gasteiger partial charge in [0.2, 0.25) is 0 Å². The van der Waals surface area contributed by atoms with Crippen molar-refractivity contribution in [2.24, 2.45) is 0 Å². The van der Waals surface area contributed by atoms with Crippen LogP contribution in [0.2, 0.25) is 0 Å². The summed E-state index contributed by atoms with van der Waals surface area (Å²) in [7, 11) is 1.58. The molecule has 1 aromatic heterocycles. The van der Waals surface area contributed by atoms with E-state index in [0.29, 0.717) is 11.6 Å². The number of nitrogens with zero attached hydrogens (tertiary/aromatic N) is 1. The van der Waals surface area contributed by atoms with Gasteiger partial charge in [-0.05, 0) is 22.0 Å². The minimum atomic E-state index is 0.473. The molecule has 0 radical (unpaired) electrons. The van der Waals surface area contributed by atoms with Crippen LogP contribution in [0.4, 0.5) is 5.82 Å². The van der Waals surface area contributed by atoms with Crippen molar-refractivity contribution in [1.82, 2.24) is 4.98 Å². The molecule has 0 unspecified atom stereocenters. The molecule has 0 aromatic carbocycles.